The molecule has 0 aliphatic rings. The van der Waals surface area contributed by atoms with E-state index in [0.29, 0.717) is 42.3 Å². The number of fused-ring (bicyclic) bond motifs is 1. The molecule has 240 valence electrons. The van der Waals surface area contributed by atoms with Crippen LogP contribution < -0.4 is 10.6 Å². The summed E-state index contributed by atoms with van der Waals surface area (Å²) in [6.07, 6.45) is 3.29. The van der Waals surface area contributed by atoms with Crippen molar-refractivity contribution in [2.24, 2.45) is 5.92 Å². The first-order valence-electron chi connectivity index (χ1n) is 15.2. The van der Waals surface area contributed by atoms with Crippen LogP contribution in [0.25, 0.3) is 10.8 Å². The summed E-state index contributed by atoms with van der Waals surface area (Å²) in [5.41, 5.74) is 2.75. The third-order valence-corrected chi connectivity index (χ3v) is 9.44. The summed E-state index contributed by atoms with van der Waals surface area (Å²) < 4.78 is 4.95. The van der Waals surface area contributed by atoms with Gasteiger partial charge >= 0.3 is 5.97 Å². The minimum absolute atomic E-state index is 0.0590. The summed E-state index contributed by atoms with van der Waals surface area (Å²) in [4.78, 5) is 41.0. The summed E-state index contributed by atoms with van der Waals surface area (Å²) in [7, 11) is 1.33. The number of carbonyl (C=O) groups excluding carboxylic acids is 3. The molecule has 0 aromatic heterocycles. The van der Waals surface area contributed by atoms with Gasteiger partial charge < -0.3 is 15.4 Å². The zero-order chi connectivity index (χ0) is 32.6. The second-order valence-corrected chi connectivity index (χ2v) is 13.1. The number of nitrogens with one attached hydrogen (secondary N) is 2. The number of hydrogen-bond acceptors (Lipinski definition) is 8. The van der Waals surface area contributed by atoms with Crippen molar-refractivity contribution in [1.82, 2.24) is 15.5 Å². The molecule has 10 heteroatoms. The van der Waals surface area contributed by atoms with E-state index in [1.807, 2.05) is 36.6 Å². The topological polar surface area (TPSA) is 112 Å². The molecule has 0 bridgehead atoms. The van der Waals surface area contributed by atoms with Crippen LogP contribution in [0.1, 0.15) is 43.4 Å². The van der Waals surface area contributed by atoms with Crippen LogP contribution in [0, 0.1) is 17.2 Å². The van der Waals surface area contributed by atoms with Gasteiger partial charge in [0.25, 0.3) is 0 Å². The smallest absolute Gasteiger partial charge is 0.328 e. The fourth-order valence-electron chi connectivity index (χ4n) is 5.04. The predicted octanol–water partition coefficient (Wildman–Crippen LogP) is 5.39. The molecule has 3 aromatic rings. The summed E-state index contributed by atoms with van der Waals surface area (Å²) in [6.45, 7) is 5.23. The van der Waals surface area contributed by atoms with Crippen molar-refractivity contribution in [3.05, 3.63) is 83.4 Å². The average molecular weight is 649 g/mol. The van der Waals surface area contributed by atoms with Crippen molar-refractivity contribution < 1.29 is 19.1 Å². The van der Waals surface area contributed by atoms with Gasteiger partial charge in [0.2, 0.25) is 11.8 Å². The largest absolute Gasteiger partial charge is 0.467 e. The van der Waals surface area contributed by atoms with Crippen molar-refractivity contribution in [2.75, 3.05) is 38.0 Å². The summed E-state index contributed by atoms with van der Waals surface area (Å²) in [5.74, 6) is 1.06. The van der Waals surface area contributed by atoms with Crippen LogP contribution in [0.5, 0.6) is 0 Å². The number of methoxy groups -OCH3 is 1. The molecule has 0 saturated carbocycles. The predicted molar refractivity (Wildman–Crippen MR) is 185 cm³/mol. The van der Waals surface area contributed by atoms with Gasteiger partial charge in [0.05, 0.1) is 31.0 Å². The first-order chi connectivity index (χ1) is 21.8. The average Bonchev–Trinajstić information content (AvgIpc) is 3.06. The summed E-state index contributed by atoms with van der Waals surface area (Å²) in [5, 5.41) is 17.4. The number of nitrogens with zero attached hydrogens (tertiary/aromatic N) is 2. The molecule has 2 N–H and O–H groups in total. The highest BCUT2D eigenvalue weighted by Gasteiger charge is 2.26. The van der Waals surface area contributed by atoms with E-state index in [2.05, 4.69) is 59.7 Å². The van der Waals surface area contributed by atoms with Gasteiger partial charge in [-0.25, -0.2) is 4.79 Å². The fourth-order valence-corrected chi connectivity index (χ4v) is 6.31. The quantitative estimate of drug-likeness (QED) is 0.177. The molecule has 45 heavy (non-hydrogen) atoms. The standard InChI is InChI=1S/C35H44N4O4S2/c1-5-25(2)32(38-34(41)24-45-23-27-15-13-26(19-36)14-16-27)21-39(20-29-11-8-10-28-9-6-7-12-30(28)29)22-33(40)37-31(17-18-44-4)35(42)43-3/h6-16,25,31-32H,5,17-18,20-24H2,1-4H3,(H,37,40)(H,38,41). The number of benzene rings is 3. The minimum atomic E-state index is -0.715. The number of rotatable bonds is 18. The van der Waals surface area contributed by atoms with Crippen LogP contribution >= 0.6 is 23.5 Å². The summed E-state index contributed by atoms with van der Waals surface area (Å²) >= 11 is 3.13. The Labute approximate surface area is 275 Å². The van der Waals surface area contributed by atoms with Crippen LogP contribution in [-0.2, 0) is 31.4 Å². The Morgan fingerprint density at radius 2 is 1.73 bits per heavy atom. The van der Waals surface area contributed by atoms with Crippen LogP contribution in [0.15, 0.2) is 66.7 Å². The Morgan fingerprint density at radius 3 is 2.42 bits per heavy atom. The molecule has 0 fully saturated rings. The van der Waals surface area contributed by atoms with E-state index in [9.17, 15) is 14.4 Å². The van der Waals surface area contributed by atoms with E-state index < -0.39 is 12.0 Å². The first-order valence-corrected chi connectivity index (χ1v) is 17.7. The Balaban J connectivity index is 1.75. The van der Waals surface area contributed by atoms with E-state index in [0.717, 1.165) is 28.3 Å². The number of nitriles is 1. The van der Waals surface area contributed by atoms with Gasteiger partial charge in [0, 0.05) is 24.9 Å². The molecule has 3 rings (SSSR count). The lowest BCUT2D eigenvalue weighted by atomic mass is 9.97. The van der Waals surface area contributed by atoms with Crippen molar-refractivity contribution in [2.45, 2.75) is 51.1 Å². The number of amides is 2. The molecule has 0 spiro atoms. The molecule has 8 nitrogen and oxygen atoms in total. The molecule has 0 aliphatic heterocycles. The second kappa shape index (κ2) is 19.1. The zero-order valence-corrected chi connectivity index (χ0v) is 28.2. The van der Waals surface area contributed by atoms with Gasteiger partial charge in [-0.3, -0.25) is 14.5 Å². The number of carbonyl (C=O) groups is 3. The van der Waals surface area contributed by atoms with Crippen LogP contribution in [0.3, 0.4) is 0 Å². The normalized spacial score (nSPS) is 13.1. The van der Waals surface area contributed by atoms with Crippen molar-refractivity contribution in [3.8, 4) is 6.07 Å². The maximum Gasteiger partial charge on any atom is 0.328 e. The highest BCUT2D eigenvalue weighted by atomic mass is 32.2. The van der Waals surface area contributed by atoms with Gasteiger partial charge in [-0.05, 0) is 58.4 Å². The third kappa shape index (κ3) is 11.7. The molecule has 3 atom stereocenters. The first kappa shape index (κ1) is 36.0. The lowest BCUT2D eigenvalue weighted by Crippen LogP contribution is -2.51. The highest BCUT2D eigenvalue weighted by molar-refractivity contribution is 7.99. The number of thioether (sulfide) groups is 2. The molecule has 0 aliphatic carbocycles. The van der Waals surface area contributed by atoms with E-state index in [1.165, 1.54) is 18.9 Å². The van der Waals surface area contributed by atoms with E-state index in [4.69, 9.17) is 10.00 Å². The Morgan fingerprint density at radius 1 is 1.00 bits per heavy atom. The van der Waals surface area contributed by atoms with Crippen LogP contribution in [-0.4, -0.2) is 72.7 Å². The Hall–Kier alpha value is -3.52. The number of hydrogen-bond donors (Lipinski definition) is 2. The van der Waals surface area contributed by atoms with Gasteiger partial charge in [0.1, 0.15) is 6.04 Å². The van der Waals surface area contributed by atoms with E-state index in [-0.39, 0.29) is 30.3 Å². The maximum absolute atomic E-state index is 13.4. The SMILES string of the molecule is CCC(C)C(CN(CC(=O)NC(CCSC)C(=O)OC)Cc1cccc2ccccc12)NC(=O)CSCc1ccc(C#N)cc1. The molecule has 0 radical (unpaired) electrons. The van der Waals surface area contributed by atoms with Gasteiger partial charge in [-0.1, -0.05) is 74.9 Å². The van der Waals surface area contributed by atoms with Gasteiger partial charge in [-0.15, -0.1) is 11.8 Å². The third-order valence-electron chi connectivity index (χ3n) is 7.79. The molecule has 0 saturated heterocycles. The second-order valence-electron chi connectivity index (χ2n) is 11.1. The van der Waals surface area contributed by atoms with Gasteiger partial charge in [0.15, 0.2) is 0 Å². The Bertz CT molecular complexity index is 1440. The minimum Gasteiger partial charge on any atom is -0.467 e. The van der Waals surface area contributed by atoms with E-state index >= 15 is 0 Å². The van der Waals surface area contributed by atoms with Crippen LogP contribution in [0.2, 0.25) is 0 Å². The lowest BCUT2D eigenvalue weighted by Gasteiger charge is -2.31. The van der Waals surface area contributed by atoms with Crippen molar-refractivity contribution >= 4 is 52.1 Å². The van der Waals surface area contributed by atoms with Crippen molar-refractivity contribution in [3.63, 3.8) is 0 Å². The van der Waals surface area contributed by atoms with Gasteiger partial charge in [-0.2, -0.15) is 17.0 Å². The molecule has 2 amide bonds. The Kier molecular flexibility index (Phi) is 15.3. The molecule has 3 aromatic carbocycles. The monoisotopic (exact) mass is 648 g/mol. The molecular weight excluding hydrogens is 605 g/mol. The molecule has 0 heterocycles. The molecule has 3 unspecified atom stereocenters. The highest BCUT2D eigenvalue weighted by Crippen LogP contribution is 2.21. The lowest BCUT2D eigenvalue weighted by molar-refractivity contribution is -0.145. The van der Waals surface area contributed by atoms with E-state index in [1.54, 1.807) is 23.9 Å². The zero-order valence-electron chi connectivity index (χ0n) is 26.6. The van der Waals surface area contributed by atoms with Crippen LogP contribution in [0.4, 0.5) is 0 Å². The maximum atomic E-state index is 13.4. The fraction of sp³-hybridized carbons (Fsp3) is 0.429. The molecular formula is C35H44N4O4S2. The van der Waals surface area contributed by atoms with Crippen molar-refractivity contribution in [1.29, 1.82) is 5.26 Å². The number of ether oxygens (including phenoxy) is 1. The number of esters is 1. The summed E-state index contributed by atoms with van der Waals surface area (Å²) in [6, 6.07) is 22.9.